The molecule has 0 radical (unpaired) electrons. The summed E-state index contributed by atoms with van der Waals surface area (Å²) in [5.74, 6) is -0.0784. The van der Waals surface area contributed by atoms with Gasteiger partial charge in [0.2, 0.25) is 0 Å². The number of nitrogens with one attached hydrogen (secondary N) is 1. The summed E-state index contributed by atoms with van der Waals surface area (Å²) >= 11 is 3.17. The monoisotopic (exact) mass is 290 g/mol. The molecular formula is C11H16BrFN2O. The lowest BCUT2D eigenvalue weighted by Crippen LogP contribution is -2.25. The summed E-state index contributed by atoms with van der Waals surface area (Å²) in [4.78, 5) is 3.99. The van der Waals surface area contributed by atoms with Gasteiger partial charge in [0.05, 0.1) is 12.6 Å². The van der Waals surface area contributed by atoms with Crippen molar-refractivity contribution in [2.45, 2.75) is 25.8 Å². The second-order valence-corrected chi connectivity index (χ2v) is 4.48. The highest BCUT2D eigenvalue weighted by atomic mass is 79.9. The van der Waals surface area contributed by atoms with Gasteiger partial charge in [-0.15, -0.1) is 0 Å². The summed E-state index contributed by atoms with van der Waals surface area (Å²) in [6, 6.07) is 1.49. The zero-order valence-electron chi connectivity index (χ0n) is 9.46. The molecule has 1 aromatic rings. The molecule has 0 bridgehead atoms. The van der Waals surface area contributed by atoms with Gasteiger partial charge in [0.15, 0.2) is 11.6 Å². The fourth-order valence-electron chi connectivity index (χ4n) is 1.46. The normalized spacial score (nSPS) is 12.5. The first-order valence-electron chi connectivity index (χ1n) is 5.23. The Kier molecular flexibility index (Phi) is 5.69. The minimum Gasteiger partial charge on any atom is -0.383 e. The number of pyridine rings is 1. The number of nitrogens with zero attached hydrogens (tertiary/aromatic N) is 1. The minimum atomic E-state index is -0.355. The van der Waals surface area contributed by atoms with Gasteiger partial charge in [0.1, 0.15) is 0 Å². The number of halogens is 2. The summed E-state index contributed by atoms with van der Waals surface area (Å²) in [6.07, 6.45) is 3.51. The third-order valence-electron chi connectivity index (χ3n) is 2.15. The fraction of sp³-hybridized carbons (Fsp3) is 0.545. The summed E-state index contributed by atoms with van der Waals surface area (Å²) < 4.78 is 19.2. The van der Waals surface area contributed by atoms with E-state index in [2.05, 4.69) is 33.2 Å². The second kappa shape index (κ2) is 6.81. The molecule has 0 fully saturated rings. The Morgan fingerprint density at radius 2 is 2.38 bits per heavy atom. The molecule has 0 aliphatic heterocycles. The highest BCUT2D eigenvalue weighted by molar-refractivity contribution is 9.10. The molecule has 1 N–H and O–H groups in total. The van der Waals surface area contributed by atoms with Gasteiger partial charge >= 0.3 is 0 Å². The van der Waals surface area contributed by atoms with Crippen LogP contribution in [-0.4, -0.2) is 24.7 Å². The van der Waals surface area contributed by atoms with Crippen molar-refractivity contribution in [1.82, 2.24) is 4.98 Å². The number of hydrogen-bond acceptors (Lipinski definition) is 3. The van der Waals surface area contributed by atoms with E-state index in [0.717, 1.165) is 12.8 Å². The molecule has 0 amide bonds. The molecule has 90 valence electrons. The van der Waals surface area contributed by atoms with Gasteiger partial charge < -0.3 is 10.1 Å². The number of hydrogen-bond donors (Lipinski definition) is 1. The third-order valence-corrected chi connectivity index (χ3v) is 2.59. The van der Waals surface area contributed by atoms with Crippen molar-refractivity contribution in [3.8, 4) is 0 Å². The first-order chi connectivity index (χ1) is 7.67. The molecule has 0 aliphatic rings. The van der Waals surface area contributed by atoms with E-state index in [0.29, 0.717) is 11.1 Å². The molecule has 0 saturated carbocycles. The summed E-state index contributed by atoms with van der Waals surface area (Å²) in [6.45, 7) is 2.63. The van der Waals surface area contributed by atoms with E-state index in [-0.39, 0.29) is 17.7 Å². The van der Waals surface area contributed by atoms with Crippen LogP contribution in [0.25, 0.3) is 0 Å². The fourth-order valence-corrected chi connectivity index (χ4v) is 1.76. The van der Waals surface area contributed by atoms with Crippen LogP contribution in [-0.2, 0) is 4.74 Å². The third kappa shape index (κ3) is 4.06. The van der Waals surface area contributed by atoms with Gasteiger partial charge in [0.25, 0.3) is 0 Å². The number of rotatable bonds is 6. The van der Waals surface area contributed by atoms with Crippen LogP contribution in [0.3, 0.4) is 0 Å². The van der Waals surface area contributed by atoms with Gasteiger partial charge in [-0.25, -0.2) is 9.37 Å². The van der Waals surface area contributed by atoms with Crippen LogP contribution in [0.1, 0.15) is 19.8 Å². The Bertz CT molecular complexity index is 330. The highest BCUT2D eigenvalue weighted by Gasteiger charge is 2.11. The lowest BCUT2D eigenvalue weighted by Gasteiger charge is -2.18. The van der Waals surface area contributed by atoms with Gasteiger partial charge in [-0.1, -0.05) is 13.3 Å². The van der Waals surface area contributed by atoms with Gasteiger partial charge in [-0.2, -0.15) is 0 Å². The number of methoxy groups -OCH3 is 1. The largest absolute Gasteiger partial charge is 0.383 e. The predicted octanol–water partition coefficient (Wildman–Crippen LogP) is 3.21. The quantitative estimate of drug-likeness (QED) is 0.874. The molecule has 3 nitrogen and oxygen atoms in total. The van der Waals surface area contributed by atoms with Crippen molar-refractivity contribution >= 4 is 21.7 Å². The van der Waals surface area contributed by atoms with E-state index in [1.54, 1.807) is 13.3 Å². The van der Waals surface area contributed by atoms with E-state index in [9.17, 15) is 4.39 Å². The smallest absolute Gasteiger partial charge is 0.166 e. The van der Waals surface area contributed by atoms with Crippen molar-refractivity contribution in [2.24, 2.45) is 0 Å². The maximum Gasteiger partial charge on any atom is 0.166 e. The van der Waals surface area contributed by atoms with E-state index in [4.69, 9.17) is 4.74 Å². The van der Waals surface area contributed by atoms with Crippen molar-refractivity contribution in [1.29, 1.82) is 0 Å². The Labute approximate surface area is 104 Å². The minimum absolute atomic E-state index is 0.0955. The second-order valence-electron chi connectivity index (χ2n) is 3.57. The number of aromatic nitrogens is 1. The Morgan fingerprint density at radius 1 is 1.62 bits per heavy atom. The molecule has 1 heterocycles. The van der Waals surface area contributed by atoms with Gasteiger partial charge in [0, 0.05) is 17.8 Å². The SMILES string of the molecule is CCCC(COC)Nc1ncc(Br)cc1F. The molecule has 0 saturated heterocycles. The molecule has 0 spiro atoms. The van der Waals surface area contributed by atoms with Crippen molar-refractivity contribution in [3.05, 3.63) is 22.6 Å². The summed E-state index contributed by atoms with van der Waals surface area (Å²) in [7, 11) is 1.63. The topological polar surface area (TPSA) is 34.1 Å². The van der Waals surface area contributed by atoms with E-state index < -0.39 is 0 Å². The van der Waals surface area contributed by atoms with Crippen LogP contribution in [0.2, 0.25) is 0 Å². The molecule has 1 atom stereocenters. The van der Waals surface area contributed by atoms with Crippen LogP contribution in [0, 0.1) is 5.82 Å². The van der Waals surface area contributed by atoms with Crippen molar-refractivity contribution in [3.63, 3.8) is 0 Å². The molecular weight excluding hydrogens is 275 g/mol. The summed E-state index contributed by atoms with van der Waals surface area (Å²) in [5.41, 5.74) is 0. The number of anilines is 1. The standard InChI is InChI=1S/C11H16BrFN2O/c1-3-4-9(7-16-2)15-11-10(13)5-8(12)6-14-11/h5-6,9H,3-4,7H2,1-2H3,(H,14,15). The lowest BCUT2D eigenvalue weighted by molar-refractivity contribution is 0.182. The summed E-state index contributed by atoms with van der Waals surface area (Å²) in [5, 5.41) is 3.04. The zero-order valence-corrected chi connectivity index (χ0v) is 11.1. The Hall–Kier alpha value is -0.680. The van der Waals surface area contributed by atoms with Gasteiger partial charge in [-0.05, 0) is 28.4 Å². The van der Waals surface area contributed by atoms with E-state index in [1.165, 1.54) is 6.07 Å². The van der Waals surface area contributed by atoms with Crippen LogP contribution >= 0.6 is 15.9 Å². The molecule has 0 aromatic carbocycles. The Balaban J connectivity index is 2.68. The molecule has 1 unspecified atom stereocenters. The average molecular weight is 291 g/mol. The molecule has 0 aliphatic carbocycles. The number of ether oxygens (including phenoxy) is 1. The lowest BCUT2D eigenvalue weighted by atomic mass is 10.2. The van der Waals surface area contributed by atoms with E-state index >= 15 is 0 Å². The predicted molar refractivity (Wildman–Crippen MR) is 66.1 cm³/mol. The van der Waals surface area contributed by atoms with Crippen LogP contribution in [0.5, 0.6) is 0 Å². The molecule has 5 heteroatoms. The van der Waals surface area contributed by atoms with Gasteiger partial charge in [-0.3, -0.25) is 0 Å². The van der Waals surface area contributed by atoms with E-state index in [1.807, 2.05) is 0 Å². The zero-order chi connectivity index (χ0) is 12.0. The first-order valence-corrected chi connectivity index (χ1v) is 6.03. The van der Waals surface area contributed by atoms with Crippen LogP contribution < -0.4 is 5.32 Å². The maximum absolute atomic E-state index is 13.5. The van der Waals surface area contributed by atoms with Crippen molar-refractivity contribution in [2.75, 3.05) is 19.0 Å². The molecule has 1 rings (SSSR count). The first kappa shape index (κ1) is 13.4. The van der Waals surface area contributed by atoms with Crippen LogP contribution in [0.15, 0.2) is 16.7 Å². The molecule has 1 aromatic heterocycles. The Morgan fingerprint density at radius 3 is 2.94 bits per heavy atom. The average Bonchev–Trinajstić information content (AvgIpc) is 2.23. The van der Waals surface area contributed by atoms with Crippen molar-refractivity contribution < 1.29 is 9.13 Å². The maximum atomic E-state index is 13.5. The highest BCUT2D eigenvalue weighted by Crippen LogP contribution is 2.17. The van der Waals surface area contributed by atoms with Crippen LogP contribution in [0.4, 0.5) is 10.2 Å². The molecule has 16 heavy (non-hydrogen) atoms.